The molecule has 0 radical (unpaired) electrons. The Kier molecular flexibility index (Phi) is 7.89. The molecule has 6 atom stereocenters. The number of hydrogen-bond donors (Lipinski definition) is 5. The maximum atomic E-state index is 11.5. The van der Waals surface area contributed by atoms with Crippen LogP contribution in [-0.2, 0) is 9.63 Å². The molecule has 4 aliphatic heterocycles. The lowest BCUT2D eigenvalue weighted by Crippen LogP contribution is -3.15. The van der Waals surface area contributed by atoms with Crippen molar-refractivity contribution in [3.63, 3.8) is 0 Å². The van der Waals surface area contributed by atoms with Crippen molar-refractivity contribution in [3.05, 3.63) is 0 Å². The van der Waals surface area contributed by atoms with Crippen LogP contribution in [0, 0.1) is 23.7 Å². The summed E-state index contributed by atoms with van der Waals surface area (Å²) in [6, 6.07) is 0.584. The number of hydrogen-bond acceptors (Lipinski definition) is 5. The molecule has 1 saturated carbocycles. The Hall–Kier alpha value is -0.770. The SMILES string of the molecule is CC1CCC(C[NH+]2CCCC2C2NC(C3CC[NH2+]C(N4CCC(C(N)=O)CC4)C3)NO2)CC1. The van der Waals surface area contributed by atoms with Gasteiger partial charge in [-0.15, -0.1) is 0 Å². The van der Waals surface area contributed by atoms with E-state index < -0.39 is 0 Å². The number of primary amides is 1. The molecule has 0 aromatic rings. The van der Waals surface area contributed by atoms with Gasteiger partial charge in [-0.3, -0.25) is 19.8 Å². The van der Waals surface area contributed by atoms with Gasteiger partial charge in [0.15, 0.2) is 6.23 Å². The van der Waals surface area contributed by atoms with Gasteiger partial charge in [0.1, 0.15) is 12.2 Å². The largest absolute Gasteiger partial charge is 0.369 e. The lowest BCUT2D eigenvalue weighted by molar-refractivity contribution is -0.919. The minimum absolute atomic E-state index is 0.0711. The quantitative estimate of drug-likeness (QED) is 0.352. The molecule has 8 heteroatoms. The molecule has 5 rings (SSSR count). The van der Waals surface area contributed by atoms with E-state index in [1.807, 2.05) is 0 Å². The molecule has 4 saturated heterocycles. The highest BCUT2D eigenvalue weighted by atomic mass is 16.7. The summed E-state index contributed by atoms with van der Waals surface area (Å²) in [6.45, 7) is 8.21. The fraction of sp³-hybridized carbons (Fsp3) is 0.960. The molecule has 188 valence electrons. The number of carbonyl (C=O) groups is 1. The molecule has 6 unspecified atom stereocenters. The van der Waals surface area contributed by atoms with Crippen molar-refractivity contribution in [1.29, 1.82) is 0 Å². The molecule has 0 bridgehead atoms. The second-order valence-corrected chi connectivity index (χ2v) is 11.9. The summed E-state index contributed by atoms with van der Waals surface area (Å²) in [7, 11) is 0. The Labute approximate surface area is 199 Å². The van der Waals surface area contributed by atoms with Crippen LogP contribution in [0.4, 0.5) is 0 Å². The van der Waals surface area contributed by atoms with E-state index in [1.54, 1.807) is 4.90 Å². The fourth-order valence-corrected chi connectivity index (χ4v) is 7.43. The number of nitrogens with two attached hydrogens (primary N) is 2. The van der Waals surface area contributed by atoms with Gasteiger partial charge in [-0.25, -0.2) is 0 Å². The van der Waals surface area contributed by atoms with Crippen LogP contribution in [-0.4, -0.2) is 68.1 Å². The van der Waals surface area contributed by atoms with E-state index in [-0.39, 0.29) is 24.2 Å². The van der Waals surface area contributed by atoms with Crippen molar-refractivity contribution in [2.45, 2.75) is 95.7 Å². The van der Waals surface area contributed by atoms with E-state index in [9.17, 15) is 4.79 Å². The zero-order chi connectivity index (χ0) is 22.8. The van der Waals surface area contributed by atoms with Gasteiger partial charge < -0.3 is 16.0 Å². The molecule has 8 nitrogen and oxygen atoms in total. The number of nitrogens with one attached hydrogen (secondary N) is 3. The van der Waals surface area contributed by atoms with Crippen LogP contribution in [0.5, 0.6) is 0 Å². The number of piperidine rings is 2. The van der Waals surface area contributed by atoms with Crippen LogP contribution in [0.2, 0.25) is 0 Å². The highest BCUT2D eigenvalue weighted by Crippen LogP contribution is 2.28. The van der Waals surface area contributed by atoms with Gasteiger partial charge in [-0.1, -0.05) is 19.8 Å². The third-order valence-corrected chi connectivity index (χ3v) is 9.65. The lowest BCUT2D eigenvalue weighted by atomic mass is 9.82. The first-order chi connectivity index (χ1) is 16.1. The average Bonchev–Trinajstić information content (AvgIpc) is 3.50. The zero-order valence-corrected chi connectivity index (χ0v) is 20.6. The first-order valence-corrected chi connectivity index (χ1v) is 14.0. The molecule has 5 fully saturated rings. The monoisotopic (exact) mass is 464 g/mol. The fourth-order valence-electron chi connectivity index (χ4n) is 7.43. The third kappa shape index (κ3) is 5.73. The summed E-state index contributed by atoms with van der Waals surface area (Å²) in [4.78, 5) is 22.1. The van der Waals surface area contributed by atoms with Crippen molar-refractivity contribution >= 4 is 5.91 Å². The van der Waals surface area contributed by atoms with E-state index in [0.29, 0.717) is 18.1 Å². The van der Waals surface area contributed by atoms with Gasteiger partial charge in [-0.05, 0) is 31.6 Å². The molecular formula is C25H48N6O2+2. The summed E-state index contributed by atoms with van der Waals surface area (Å²) >= 11 is 0. The number of amides is 1. The van der Waals surface area contributed by atoms with E-state index in [2.05, 4.69) is 27.9 Å². The normalized spacial score (nSPS) is 43.7. The van der Waals surface area contributed by atoms with Crippen LogP contribution in [0.15, 0.2) is 0 Å². The molecule has 5 aliphatic rings. The first-order valence-electron chi connectivity index (χ1n) is 14.0. The van der Waals surface area contributed by atoms with Gasteiger partial charge >= 0.3 is 0 Å². The number of quaternary nitrogens is 2. The Balaban J connectivity index is 1.10. The van der Waals surface area contributed by atoms with Gasteiger partial charge in [-0.2, -0.15) is 5.48 Å². The minimum atomic E-state index is -0.121. The van der Waals surface area contributed by atoms with Crippen molar-refractivity contribution in [2.75, 3.05) is 32.7 Å². The predicted octanol–water partition coefficient (Wildman–Crippen LogP) is -0.867. The molecular weight excluding hydrogens is 416 g/mol. The smallest absolute Gasteiger partial charge is 0.220 e. The molecule has 0 aromatic carbocycles. The Morgan fingerprint density at radius 1 is 1.12 bits per heavy atom. The van der Waals surface area contributed by atoms with Crippen LogP contribution in [0.1, 0.15) is 71.1 Å². The topological polar surface area (TPSA) is 101 Å². The summed E-state index contributed by atoms with van der Waals surface area (Å²) < 4.78 is 0. The van der Waals surface area contributed by atoms with E-state index in [1.165, 1.54) is 64.5 Å². The maximum absolute atomic E-state index is 11.5. The summed E-state index contributed by atoms with van der Waals surface area (Å²) in [5.74, 6) is 2.38. The highest BCUT2D eigenvalue weighted by Gasteiger charge is 2.45. The van der Waals surface area contributed by atoms with Gasteiger partial charge in [0.2, 0.25) is 5.91 Å². The average molecular weight is 465 g/mol. The first kappa shape index (κ1) is 23.9. The number of likely N-dealkylation sites (tertiary alicyclic amines) is 2. The molecule has 1 amide bonds. The van der Waals surface area contributed by atoms with Crippen molar-refractivity contribution < 1.29 is 19.8 Å². The molecule has 4 heterocycles. The second-order valence-electron chi connectivity index (χ2n) is 11.9. The zero-order valence-electron chi connectivity index (χ0n) is 20.6. The summed E-state index contributed by atoms with van der Waals surface area (Å²) in [5, 5.41) is 6.38. The van der Waals surface area contributed by atoms with Crippen LogP contribution >= 0.6 is 0 Å². The Morgan fingerprint density at radius 2 is 1.91 bits per heavy atom. The Morgan fingerprint density at radius 3 is 2.67 bits per heavy atom. The number of rotatable bonds is 6. The van der Waals surface area contributed by atoms with Crippen molar-refractivity contribution in [2.24, 2.45) is 29.4 Å². The number of hydroxylamine groups is 1. The van der Waals surface area contributed by atoms with E-state index in [0.717, 1.165) is 44.3 Å². The molecule has 1 aliphatic carbocycles. The predicted molar refractivity (Wildman–Crippen MR) is 127 cm³/mol. The van der Waals surface area contributed by atoms with Crippen LogP contribution in [0.3, 0.4) is 0 Å². The summed E-state index contributed by atoms with van der Waals surface area (Å²) in [6.07, 6.45) is 13.4. The van der Waals surface area contributed by atoms with Gasteiger partial charge in [0.25, 0.3) is 0 Å². The highest BCUT2D eigenvalue weighted by molar-refractivity contribution is 5.76. The maximum Gasteiger partial charge on any atom is 0.220 e. The van der Waals surface area contributed by atoms with Gasteiger partial charge in [0.05, 0.1) is 25.8 Å². The molecule has 0 spiro atoms. The van der Waals surface area contributed by atoms with Gasteiger partial charge in [0, 0.05) is 56.5 Å². The van der Waals surface area contributed by atoms with Crippen LogP contribution < -0.4 is 26.7 Å². The van der Waals surface area contributed by atoms with E-state index >= 15 is 0 Å². The molecule has 33 heavy (non-hydrogen) atoms. The number of carbonyl (C=O) groups excluding carboxylic acids is 1. The molecule has 0 aromatic heterocycles. The van der Waals surface area contributed by atoms with Crippen LogP contribution in [0.25, 0.3) is 0 Å². The minimum Gasteiger partial charge on any atom is -0.369 e. The number of nitrogens with zero attached hydrogens (tertiary/aromatic N) is 1. The van der Waals surface area contributed by atoms with Crippen molar-refractivity contribution in [3.8, 4) is 0 Å². The van der Waals surface area contributed by atoms with Crippen molar-refractivity contribution in [1.82, 2.24) is 15.7 Å². The summed E-state index contributed by atoms with van der Waals surface area (Å²) in [5.41, 5.74) is 8.94. The Bertz CT molecular complexity index is 649. The molecule has 7 N–H and O–H groups in total. The third-order valence-electron chi connectivity index (χ3n) is 9.65. The second kappa shape index (κ2) is 10.9. The standard InChI is InChI=1S/C25H46N6O2/c1-17-4-6-18(7-5-17)16-31-12-2-3-21(31)25-28-24(29-33-25)20-8-11-27-22(15-20)30-13-9-19(10-14-30)23(26)32/h17-22,24-25,27-29H,2-16H2,1H3,(H2,26,32)/p+2. The lowest BCUT2D eigenvalue weighted by Gasteiger charge is -2.39. The van der Waals surface area contributed by atoms with E-state index in [4.69, 9.17) is 10.6 Å².